The van der Waals surface area contributed by atoms with E-state index < -0.39 is 0 Å². The van der Waals surface area contributed by atoms with Gasteiger partial charge in [0, 0.05) is 15.9 Å². The highest BCUT2D eigenvalue weighted by Gasteiger charge is 2.24. The van der Waals surface area contributed by atoms with E-state index in [0.29, 0.717) is 34.3 Å². The Balaban J connectivity index is 2.12. The first-order chi connectivity index (χ1) is 10.1. The molecule has 0 aliphatic carbocycles. The molecule has 2 aromatic carbocycles. The third kappa shape index (κ3) is 2.65. The molecule has 0 spiro atoms. The second kappa shape index (κ2) is 5.70. The van der Waals surface area contributed by atoms with Crippen LogP contribution in [0.1, 0.15) is 21.5 Å². The molecule has 0 radical (unpaired) electrons. The van der Waals surface area contributed by atoms with Gasteiger partial charge in [0.25, 0.3) is 0 Å². The molecular formula is C16H12BrClO3. The van der Waals surface area contributed by atoms with E-state index in [1.807, 2.05) is 6.07 Å². The summed E-state index contributed by atoms with van der Waals surface area (Å²) in [5, 5.41) is 0.540. The summed E-state index contributed by atoms with van der Waals surface area (Å²) in [5.74, 6) is 0.996. The van der Waals surface area contributed by atoms with Gasteiger partial charge in [0.05, 0.1) is 24.8 Å². The zero-order chi connectivity index (χ0) is 15.0. The first kappa shape index (κ1) is 14.4. The molecule has 0 amide bonds. The number of halogens is 2. The van der Waals surface area contributed by atoms with Crippen LogP contribution in [0.15, 0.2) is 34.8 Å². The van der Waals surface area contributed by atoms with E-state index in [9.17, 15) is 4.79 Å². The molecule has 1 aliphatic heterocycles. The van der Waals surface area contributed by atoms with E-state index in [1.165, 1.54) is 7.11 Å². The highest BCUT2D eigenvalue weighted by molar-refractivity contribution is 9.10. The van der Waals surface area contributed by atoms with Gasteiger partial charge in [0.2, 0.25) is 5.78 Å². The van der Waals surface area contributed by atoms with Gasteiger partial charge in [-0.25, -0.2) is 0 Å². The fraction of sp³-hybridized carbons (Fsp3) is 0.188. The smallest absolute Gasteiger partial charge is 0.200 e. The molecule has 0 saturated carbocycles. The molecule has 2 aromatic rings. The van der Waals surface area contributed by atoms with Crippen molar-refractivity contribution in [2.45, 2.75) is 6.42 Å². The summed E-state index contributed by atoms with van der Waals surface area (Å²) in [6.07, 6.45) is 0.771. The van der Waals surface area contributed by atoms with E-state index in [4.69, 9.17) is 21.1 Å². The van der Waals surface area contributed by atoms with Crippen molar-refractivity contribution in [3.05, 3.63) is 56.5 Å². The fourth-order valence-electron chi connectivity index (χ4n) is 2.44. The summed E-state index contributed by atoms with van der Waals surface area (Å²) in [5.41, 5.74) is 1.94. The third-order valence-electron chi connectivity index (χ3n) is 3.40. The van der Waals surface area contributed by atoms with Crippen LogP contribution in [-0.4, -0.2) is 19.5 Å². The number of benzene rings is 2. The van der Waals surface area contributed by atoms with Gasteiger partial charge < -0.3 is 9.47 Å². The predicted molar refractivity (Wildman–Crippen MR) is 84.8 cm³/mol. The largest absolute Gasteiger partial charge is 0.496 e. The molecule has 5 heteroatoms. The molecule has 0 aromatic heterocycles. The zero-order valence-corrected chi connectivity index (χ0v) is 13.6. The summed E-state index contributed by atoms with van der Waals surface area (Å²) in [7, 11) is 1.54. The van der Waals surface area contributed by atoms with E-state index >= 15 is 0 Å². The normalized spacial score (nSPS) is 12.7. The average Bonchev–Trinajstić information content (AvgIpc) is 2.93. The number of ether oxygens (including phenoxy) is 2. The quantitative estimate of drug-likeness (QED) is 0.760. The van der Waals surface area contributed by atoms with Gasteiger partial charge >= 0.3 is 0 Å². The molecule has 0 bridgehead atoms. The Morgan fingerprint density at radius 2 is 2.10 bits per heavy atom. The second-order valence-corrected chi connectivity index (χ2v) is 6.07. The molecular weight excluding hydrogens is 356 g/mol. The highest BCUT2D eigenvalue weighted by Crippen LogP contribution is 2.36. The van der Waals surface area contributed by atoms with Crippen molar-refractivity contribution in [3.63, 3.8) is 0 Å². The maximum atomic E-state index is 12.8. The van der Waals surface area contributed by atoms with Crippen LogP contribution in [-0.2, 0) is 6.42 Å². The SMILES string of the molecule is COc1cc(Br)ccc1C(=O)c1cc(Cl)cc2c1OCC2. The summed E-state index contributed by atoms with van der Waals surface area (Å²) in [4.78, 5) is 12.8. The molecule has 3 nitrogen and oxygen atoms in total. The van der Waals surface area contributed by atoms with Crippen LogP contribution in [0.25, 0.3) is 0 Å². The van der Waals surface area contributed by atoms with Gasteiger partial charge in [-0.15, -0.1) is 0 Å². The van der Waals surface area contributed by atoms with Gasteiger partial charge in [0.1, 0.15) is 11.5 Å². The number of methoxy groups -OCH3 is 1. The number of carbonyl (C=O) groups excluding carboxylic acids is 1. The predicted octanol–water partition coefficient (Wildman–Crippen LogP) is 4.28. The lowest BCUT2D eigenvalue weighted by molar-refractivity contribution is 0.103. The molecule has 0 atom stereocenters. The summed E-state index contributed by atoms with van der Waals surface area (Å²) >= 11 is 9.48. The van der Waals surface area contributed by atoms with Crippen LogP contribution in [0.2, 0.25) is 5.02 Å². The van der Waals surface area contributed by atoms with Gasteiger partial charge in [-0.3, -0.25) is 4.79 Å². The van der Waals surface area contributed by atoms with Crippen molar-refractivity contribution in [2.75, 3.05) is 13.7 Å². The van der Waals surface area contributed by atoms with Crippen molar-refractivity contribution in [1.82, 2.24) is 0 Å². The topological polar surface area (TPSA) is 35.5 Å². The summed E-state index contributed by atoms with van der Waals surface area (Å²) < 4.78 is 11.7. The number of ketones is 1. The van der Waals surface area contributed by atoms with E-state index in [0.717, 1.165) is 16.5 Å². The minimum atomic E-state index is -0.153. The summed E-state index contributed by atoms with van der Waals surface area (Å²) in [6.45, 7) is 0.577. The molecule has 1 aliphatic rings. The van der Waals surface area contributed by atoms with E-state index in [-0.39, 0.29) is 5.78 Å². The van der Waals surface area contributed by atoms with Crippen LogP contribution in [0.4, 0.5) is 0 Å². The molecule has 0 unspecified atom stereocenters. The number of hydrogen-bond donors (Lipinski definition) is 0. The Labute approximate surface area is 136 Å². The third-order valence-corrected chi connectivity index (χ3v) is 4.11. The van der Waals surface area contributed by atoms with E-state index in [2.05, 4.69) is 15.9 Å². The average molecular weight is 368 g/mol. The molecule has 0 saturated heterocycles. The summed E-state index contributed by atoms with van der Waals surface area (Å²) in [6, 6.07) is 8.79. The molecule has 0 N–H and O–H groups in total. The standard InChI is InChI=1S/C16H12BrClO3/c1-20-14-7-10(17)2-3-12(14)15(19)13-8-11(18)6-9-4-5-21-16(9)13/h2-3,6-8H,4-5H2,1H3. The first-order valence-electron chi connectivity index (χ1n) is 6.43. The molecule has 1 heterocycles. The van der Waals surface area contributed by atoms with E-state index in [1.54, 1.807) is 24.3 Å². The van der Waals surface area contributed by atoms with Crippen LogP contribution >= 0.6 is 27.5 Å². The van der Waals surface area contributed by atoms with Gasteiger partial charge in [-0.05, 0) is 35.9 Å². The van der Waals surface area contributed by atoms with Crippen molar-refractivity contribution in [3.8, 4) is 11.5 Å². The number of fused-ring (bicyclic) bond motifs is 1. The Hall–Kier alpha value is -1.52. The maximum Gasteiger partial charge on any atom is 0.200 e. The Morgan fingerprint density at radius 3 is 2.86 bits per heavy atom. The first-order valence-corrected chi connectivity index (χ1v) is 7.60. The lowest BCUT2D eigenvalue weighted by atomic mass is 9.99. The van der Waals surface area contributed by atoms with Gasteiger partial charge in [-0.2, -0.15) is 0 Å². The highest BCUT2D eigenvalue weighted by atomic mass is 79.9. The van der Waals surface area contributed by atoms with Crippen LogP contribution < -0.4 is 9.47 Å². The molecule has 3 rings (SSSR count). The maximum absolute atomic E-state index is 12.8. The number of carbonyl (C=O) groups is 1. The van der Waals surface area contributed by atoms with Crippen molar-refractivity contribution in [1.29, 1.82) is 0 Å². The monoisotopic (exact) mass is 366 g/mol. The lowest BCUT2D eigenvalue weighted by Gasteiger charge is -2.11. The fourth-order valence-corrected chi connectivity index (χ4v) is 3.02. The Bertz CT molecular complexity index is 728. The Kier molecular flexibility index (Phi) is 3.91. The van der Waals surface area contributed by atoms with Gasteiger partial charge in [0.15, 0.2) is 0 Å². The van der Waals surface area contributed by atoms with Crippen molar-refractivity contribution >= 4 is 33.3 Å². The van der Waals surface area contributed by atoms with Crippen molar-refractivity contribution in [2.24, 2.45) is 0 Å². The minimum absolute atomic E-state index is 0.153. The second-order valence-electron chi connectivity index (χ2n) is 4.71. The Morgan fingerprint density at radius 1 is 1.29 bits per heavy atom. The zero-order valence-electron chi connectivity index (χ0n) is 11.3. The minimum Gasteiger partial charge on any atom is -0.496 e. The van der Waals surface area contributed by atoms with Crippen LogP contribution in [0.3, 0.4) is 0 Å². The van der Waals surface area contributed by atoms with Crippen LogP contribution in [0, 0.1) is 0 Å². The molecule has 21 heavy (non-hydrogen) atoms. The lowest BCUT2D eigenvalue weighted by Crippen LogP contribution is -2.06. The molecule has 108 valence electrons. The van der Waals surface area contributed by atoms with Gasteiger partial charge in [-0.1, -0.05) is 27.5 Å². The van der Waals surface area contributed by atoms with Crippen molar-refractivity contribution < 1.29 is 14.3 Å². The number of hydrogen-bond acceptors (Lipinski definition) is 3. The van der Waals surface area contributed by atoms with Crippen LogP contribution in [0.5, 0.6) is 11.5 Å². The molecule has 0 fully saturated rings. The number of rotatable bonds is 3.